The van der Waals surface area contributed by atoms with Crippen molar-refractivity contribution in [1.82, 2.24) is 9.88 Å². The van der Waals surface area contributed by atoms with Crippen molar-refractivity contribution in [3.05, 3.63) is 59.1 Å². The molecule has 7 heteroatoms. The average Bonchev–Trinajstić information content (AvgIpc) is 3.11. The van der Waals surface area contributed by atoms with Gasteiger partial charge in [-0.05, 0) is 50.2 Å². The molecule has 0 spiro atoms. The van der Waals surface area contributed by atoms with E-state index < -0.39 is 0 Å². The second-order valence-corrected chi connectivity index (χ2v) is 8.72. The van der Waals surface area contributed by atoms with Crippen LogP contribution in [0.4, 0.5) is 5.13 Å². The summed E-state index contributed by atoms with van der Waals surface area (Å²) in [7, 11) is 3.98. The first-order chi connectivity index (χ1) is 13.5. The molecule has 3 rings (SSSR count). The number of nitrogens with zero attached hydrogens (tertiary/aromatic N) is 3. The number of anilines is 1. The van der Waals surface area contributed by atoms with Crippen LogP contribution in [-0.2, 0) is 4.79 Å². The van der Waals surface area contributed by atoms with Gasteiger partial charge in [0.1, 0.15) is 0 Å². The summed E-state index contributed by atoms with van der Waals surface area (Å²) in [6.07, 6.45) is 5.36. The molecule has 0 unspecified atom stereocenters. The largest absolute Gasteiger partial charge is 0.308 e. The van der Waals surface area contributed by atoms with E-state index in [-0.39, 0.29) is 5.91 Å². The van der Waals surface area contributed by atoms with Gasteiger partial charge < -0.3 is 4.90 Å². The first-order valence-electron chi connectivity index (χ1n) is 8.82. The quantitative estimate of drug-likeness (QED) is 0.376. The maximum Gasteiger partial charge on any atom is 0.252 e. The van der Waals surface area contributed by atoms with Crippen LogP contribution in [0.5, 0.6) is 0 Å². The number of halogens is 1. The van der Waals surface area contributed by atoms with Crippen molar-refractivity contribution >= 4 is 62.0 Å². The molecular weight excluding hydrogens is 410 g/mol. The highest BCUT2D eigenvalue weighted by Crippen LogP contribution is 2.34. The lowest BCUT2D eigenvalue weighted by molar-refractivity contribution is -0.114. The van der Waals surface area contributed by atoms with Crippen LogP contribution in [0.15, 0.2) is 53.4 Å². The molecule has 28 heavy (non-hydrogen) atoms. The van der Waals surface area contributed by atoms with Crippen LogP contribution in [0.1, 0.15) is 5.56 Å². The Bertz CT molecular complexity index is 1000. The molecule has 0 saturated carbocycles. The molecule has 0 radical (unpaired) electrons. The Morgan fingerprint density at radius 3 is 2.68 bits per heavy atom. The lowest BCUT2D eigenvalue weighted by atomic mass is 10.2. The highest BCUT2D eigenvalue weighted by Gasteiger charge is 2.19. The van der Waals surface area contributed by atoms with Gasteiger partial charge in [-0.1, -0.05) is 47.2 Å². The zero-order valence-electron chi connectivity index (χ0n) is 16.1. The molecular formula is C21H22ClN3OS2. The Kier molecular flexibility index (Phi) is 7.13. The van der Waals surface area contributed by atoms with Crippen molar-refractivity contribution in [1.29, 1.82) is 0 Å². The molecule has 2 aromatic carbocycles. The monoisotopic (exact) mass is 431 g/mol. The van der Waals surface area contributed by atoms with Crippen molar-refractivity contribution in [2.24, 2.45) is 0 Å². The smallest absolute Gasteiger partial charge is 0.252 e. The summed E-state index contributed by atoms with van der Waals surface area (Å²) in [6.45, 7) is 1.31. The molecule has 0 aliphatic carbocycles. The summed E-state index contributed by atoms with van der Waals surface area (Å²) in [6, 6.07) is 13.6. The van der Waals surface area contributed by atoms with E-state index in [9.17, 15) is 4.79 Å². The molecule has 0 aliphatic rings. The fraction of sp³-hybridized carbons (Fsp3) is 0.238. The van der Waals surface area contributed by atoms with Gasteiger partial charge in [0.15, 0.2) is 5.13 Å². The fourth-order valence-electron chi connectivity index (χ4n) is 2.65. The van der Waals surface area contributed by atoms with Crippen LogP contribution in [0, 0.1) is 0 Å². The van der Waals surface area contributed by atoms with Crippen molar-refractivity contribution in [2.45, 2.75) is 4.90 Å². The minimum atomic E-state index is -0.105. The molecule has 0 fully saturated rings. The van der Waals surface area contributed by atoms with Crippen molar-refractivity contribution in [2.75, 3.05) is 38.3 Å². The van der Waals surface area contributed by atoms with E-state index in [1.807, 2.05) is 56.7 Å². The summed E-state index contributed by atoms with van der Waals surface area (Å²) >= 11 is 9.40. The van der Waals surface area contributed by atoms with Crippen LogP contribution in [-0.4, -0.2) is 49.2 Å². The van der Waals surface area contributed by atoms with Gasteiger partial charge in [0, 0.05) is 29.1 Å². The number of thioether (sulfide) groups is 1. The summed E-state index contributed by atoms with van der Waals surface area (Å²) in [4.78, 5) is 22.7. The number of rotatable bonds is 7. The Labute approximate surface area is 178 Å². The van der Waals surface area contributed by atoms with E-state index in [0.29, 0.717) is 16.7 Å². The Morgan fingerprint density at radius 1 is 1.18 bits per heavy atom. The number of likely N-dealkylation sites (N-methyl/N-ethyl adjacent to an activating group) is 1. The number of benzene rings is 2. The highest BCUT2D eigenvalue weighted by atomic mass is 35.5. The number of thiazole rings is 1. The number of amides is 1. The van der Waals surface area contributed by atoms with Gasteiger partial charge in [-0.2, -0.15) is 0 Å². The van der Waals surface area contributed by atoms with Gasteiger partial charge >= 0.3 is 0 Å². The third-order valence-corrected chi connectivity index (χ3v) is 6.33. The number of carbonyl (C=O) groups is 1. The standard InChI is InChI=1S/C21H22ClN3OS2/c1-24(2)13-14-25(19(26)12-11-15-7-4-5-8-16(15)22)21-23-20-17(27-3)9-6-10-18(20)28-21/h4-12H,13-14H2,1-3H3/b12-11+. The zero-order chi connectivity index (χ0) is 20.1. The van der Waals surface area contributed by atoms with E-state index in [4.69, 9.17) is 16.6 Å². The van der Waals surface area contributed by atoms with E-state index in [1.54, 1.807) is 40.2 Å². The first-order valence-corrected chi connectivity index (χ1v) is 11.2. The third-order valence-electron chi connectivity index (χ3n) is 4.17. The second-order valence-electron chi connectivity index (χ2n) is 6.45. The number of carbonyl (C=O) groups excluding carboxylic acids is 1. The molecule has 0 atom stereocenters. The van der Waals surface area contributed by atoms with Crippen LogP contribution in [0.3, 0.4) is 0 Å². The predicted molar refractivity (Wildman–Crippen MR) is 123 cm³/mol. The molecule has 0 bridgehead atoms. The second kappa shape index (κ2) is 9.56. The molecule has 1 amide bonds. The van der Waals surface area contributed by atoms with Crippen molar-refractivity contribution < 1.29 is 4.79 Å². The summed E-state index contributed by atoms with van der Waals surface area (Å²) in [5.41, 5.74) is 1.77. The van der Waals surface area contributed by atoms with Crippen LogP contribution in [0.2, 0.25) is 5.02 Å². The third kappa shape index (κ3) is 4.94. The maximum absolute atomic E-state index is 13.0. The number of fused-ring (bicyclic) bond motifs is 1. The number of hydrogen-bond acceptors (Lipinski definition) is 5. The van der Waals surface area contributed by atoms with E-state index in [1.165, 1.54) is 0 Å². The molecule has 0 aliphatic heterocycles. The van der Waals surface area contributed by atoms with Gasteiger partial charge in [0.05, 0.1) is 10.2 Å². The van der Waals surface area contributed by atoms with Gasteiger partial charge in [-0.3, -0.25) is 9.69 Å². The normalized spacial score (nSPS) is 11.6. The van der Waals surface area contributed by atoms with E-state index in [2.05, 4.69) is 11.0 Å². The Hall–Kier alpha value is -1.86. The minimum absolute atomic E-state index is 0.105. The van der Waals surface area contributed by atoms with Gasteiger partial charge in [0.25, 0.3) is 5.91 Å². The van der Waals surface area contributed by atoms with Crippen molar-refractivity contribution in [3.63, 3.8) is 0 Å². The van der Waals surface area contributed by atoms with Gasteiger partial charge in [-0.15, -0.1) is 11.8 Å². The summed E-state index contributed by atoms with van der Waals surface area (Å²) < 4.78 is 1.08. The lowest BCUT2D eigenvalue weighted by Gasteiger charge is -2.20. The van der Waals surface area contributed by atoms with Gasteiger partial charge in [-0.25, -0.2) is 4.98 Å². The van der Waals surface area contributed by atoms with Crippen molar-refractivity contribution in [3.8, 4) is 0 Å². The lowest BCUT2D eigenvalue weighted by Crippen LogP contribution is -2.35. The molecule has 0 N–H and O–H groups in total. The first kappa shape index (κ1) is 20.9. The summed E-state index contributed by atoms with van der Waals surface area (Å²) in [5.74, 6) is -0.105. The highest BCUT2D eigenvalue weighted by molar-refractivity contribution is 7.98. The van der Waals surface area contributed by atoms with Gasteiger partial charge in [0.2, 0.25) is 0 Å². The topological polar surface area (TPSA) is 36.4 Å². The maximum atomic E-state index is 13.0. The molecule has 1 heterocycles. The molecule has 3 aromatic rings. The molecule has 1 aromatic heterocycles. The average molecular weight is 432 g/mol. The summed E-state index contributed by atoms with van der Waals surface area (Å²) in [5, 5.41) is 1.34. The Balaban J connectivity index is 1.92. The number of hydrogen-bond donors (Lipinski definition) is 0. The number of para-hydroxylation sites is 1. The molecule has 146 valence electrons. The predicted octanol–water partition coefficient (Wildman–Crippen LogP) is 5.28. The number of aromatic nitrogens is 1. The molecule has 0 saturated heterocycles. The molecule has 4 nitrogen and oxygen atoms in total. The van der Waals surface area contributed by atoms with E-state index >= 15 is 0 Å². The fourth-order valence-corrected chi connectivity index (χ4v) is 4.50. The van der Waals surface area contributed by atoms with Crippen LogP contribution < -0.4 is 4.90 Å². The SMILES string of the molecule is CSc1cccc2sc(N(CCN(C)C)C(=O)/C=C/c3ccccc3Cl)nc12. The Morgan fingerprint density at radius 2 is 1.96 bits per heavy atom. The minimum Gasteiger partial charge on any atom is -0.308 e. The van der Waals surface area contributed by atoms with Crippen LogP contribution in [0.25, 0.3) is 16.3 Å². The van der Waals surface area contributed by atoms with Crippen LogP contribution >= 0.6 is 34.7 Å². The zero-order valence-corrected chi connectivity index (χ0v) is 18.4. The van der Waals surface area contributed by atoms with E-state index in [0.717, 1.165) is 27.2 Å².